The summed E-state index contributed by atoms with van der Waals surface area (Å²) < 4.78 is 0. The molecule has 6 nitrogen and oxygen atoms in total. The minimum atomic E-state index is -0.243. The summed E-state index contributed by atoms with van der Waals surface area (Å²) in [6.07, 6.45) is 4.10. The van der Waals surface area contributed by atoms with Crippen molar-refractivity contribution in [1.82, 2.24) is 20.2 Å². The van der Waals surface area contributed by atoms with E-state index in [0.29, 0.717) is 30.9 Å². The fraction of sp³-hybridized carbons (Fsp3) is 0.273. The van der Waals surface area contributed by atoms with E-state index in [1.54, 1.807) is 0 Å². The molecule has 0 aliphatic carbocycles. The van der Waals surface area contributed by atoms with Crippen molar-refractivity contribution in [2.75, 3.05) is 6.54 Å². The maximum Gasteiger partial charge on any atom is 0.254 e. The molecular weight excluding hydrogens is 352 g/mol. The lowest BCUT2D eigenvalue weighted by Gasteiger charge is -2.18. The number of nitrogens with zero attached hydrogens (tertiary/aromatic N) is 3. The van der Waals surface area contributed by atoms with Gasteiger partial charge in [0.2, 0.25) is 5.91 Å². The van der Waals surface area contributed by atoms with Crippen LogP contribution in [0.1, 0.15) is 35.1 Å². The number of hydrogen-bond donors (Lipinski definition) is 1. The van der Waals surface area contributed by atoms with E-state index in [1.165, 1.54) is 12.4 Å². The van der Waals surface area contributed by atoms with Crippen LogP contribution in [0.4, 0.5) is 0 Å². The van der Waals surface area contributed by atoms with Gasteiger partial charge in [0.25, 0.3) is 5.91 Å². The van der Waals surface area contributed by atoms with E-state index >= 15 is 0 Å². The monoisotopic (exact) mass is 374 g/mol. The fourth-order valence-corrected chi connectivity index (χ4v) is 3.58. The highest BCUT2D eigenvalue weighted by molar-refractivity contribution is 5.94. The van der Waals surface area contributed by atoms with Crippen molar-refractivity contribution in [3.8, 4) is 0 Å². The van der Waals surface area contributed by atoms with Crippen LogP contribution in [-0.4, -0.2) is 39.3 Å². The third-order valence-corrected chi connectivity index (χ3v) is 5.07. The number of carbonyl (C=O) groups excluding carboxylic acids is 2. The van der Waals surface area contributed by atoms with E-state index in [1.807, 2.05) is 36.1 Å². The zero-order valence-electron chi connectivity index (χ0n) is 15.8. The molecule has 0 radical (unpaired) electrons. The maximum atomic E-state index is 12.5. The molecule has 4 rings (SSSR count). The Labute approximate surface area is 163 Å². The van der Waals surface area contributed by atoms with E-state index < -0.39 is 0 Å². The fourth-order valence-electron chi connectivity index (χ4n) is 3.58. The molecule has 28 heavy (non-hydrogen) atoms. The van der Waals surface area contributed by atoms with Crippen molar-refractivity contribution in [1.29, 1.82) is 0 Å². The van der Waals surface area contributed by atoms with Crippen LogP contribution in [0.3, 0.4) is 0 Å². The Hall–Kier alpha value is -3.28. The number of nitrogens with one attached hydrogen (secondary N) is 1. The molecule has 0 saturated carbocycles. The number of fused-ring (bicyclic) bond motifs is 1. The zero-order valence-corrected chi connectivity index (χ0v) is 15.8. The summed E-state index contributed by atoms with van der Waals surface area (Å²) in [7, 11) is 0. The van der Waals surface area contributed by atoms with Gasteiger partial charge < -0.3 is 10.2 Å². The molecule has 0 spiro atoms. The van der Waals surface area contributed by atoms with Gasteiger partial charge in [-0.3, -0.25) is 9.59 Å². The third-order valence-electron chi connectivity index (χ3n) is 5.07. The van der Waals surface area contributed by atoms with Gasteiger partial charge in [0, 0.05) is 38.3 Å². The van der Waals surface area contributed by atoms with Crippen molar-refractivity contribution in [2.45, 2.75) is 32.4 Å². The smallest absolute Gasteiger partial charge is 0.254 e. The van der Waals surface area contributed by atoms with Crippen LogP contribution in [0.25, 0.3) is 10.8 Å². The average Bonchev–Trinajstić information content (AvgIpc) is 3.07. The van der Waals surface area contributed by atoms with Gasteiger partial charge in [-0.05, 0) is 16.3 Å². The van der Waals surface area contributed by atoms with Crippen LogP contribution < -0.4 is 5.32 Å². The number of carbonyl (C=O) groups is 2. The Morgan fingerprint density at radius 2 is 1.89 bits per heavy atom. The molecule has 1 saturated heterocycles. The van der Waals surface area contributed by atoms with Gasteiger partial charge in [0.05, 0.1) is 11.6 Å². The number of benzene rings is 2. The Bertz CT molecular complexity index is 1010. The second-order valence-corrected chi connectivity index (χ2v) is 7.03. The summed E-state index contributed by atoms with van der Waals surface area (Å²) in [5.74, 6) is 0.511. The van der Waals surface area contributed by atoms with Crippen molar-refractivity contribution >= 4 is 22.6 Å². The normalized spacial score (nSPS) is 16.5. The van der Waals surface area contributed by atoms with Gasteiger partial charge in [-0.1, -0.05) is 49.4 Å². The van der Waals surface area contributed by atoms with Crippen LogP contribution >= 0.6 is 0 Å². The Balaban J connectivity index is 1.43. The van der Waals surface area contributed by atoms with E-state index in [-0.39, 0.29) is 17.9 Å². The average molecular weight is 374 g/mol. The summed E-state index contributed by atoms with van der Waals surface area (Å²) in [5.41, 5.74) is 1.53. The molecule has 0 unspecified atom stereocenters. The standard InChI is InChI=1S/C22H22N4O2/c1-2-20-23-11-17(12-24-20)22(28)25-18-10-21(27)26(14-18)13-16-8-5-7-15-6-3-4-9-19(15)16/h3-9,11-12,18H,2,10,13-14H2,1H3,(H,25,28)/t18-/m0/s1. The number of aryl methyl sites for hydroxylation is 1. The number of rotatable bonds is 5. The Morgan fingerprint density at radius 1 is 1.14 bits per heavy atom. The highest BCUT2D eigenvalue weighted by atomic mass is 16.2. The lowest BCUT2D eigenvalue weighted by molar-refractivity contribution is -0.128. The Morgan fingerprint density at radius 3 is 2.68 bits per heavy atom. The highest BCUT2D eigenvalue weighted by Gasteiger charge is 2.31. The highest BCUT2D eigenvalue weighted by Crippen LogP contribution is 2.22. The zero-order chi connectivity index (χ0) is 19.5. The number of likely N-dealkylation sites (tertiary alicyclic amines) is 1. The molecule has 3 aromatic rings. The van der Waals surface area contributed by atoms with Crippen LogP contribution in [0.15, 0.2) is 54.9 Å². The Kier molecular flexibility index (Phi) is 5.02. The van der Waals surface area contributed by atoms with E-state index in [2.05, 4.69) is 33.5 Å². The maximum absolute atomic E-state index is 12.5. The van der Waals surface area contributed by atoms with Gasteiger partial charge in [0.1, 0.15) is 5.82 Å². The van der Waals surface area contributed by atoms with Crippen LogP contribution in [0, 0.1) is 0 Å². The molecule has 142 valence electrons. The first kappa shape index (κ1) is 18.1. The van der Waals surface area contributed by atoms with Crippen molar-refractivity contribution in [3.63, 3.8) is 0 Å². The summed E-state index contributed by atoms with van der Waals surface area (Å²) in [6, 6.07) is 14.1. The molecule has 1 atom stereocenters. The molecule has 2 heterocycles. The number of aromatic nitrogens is 2. The predicted molar refractivity (Wildman–Crippen MR) is 107 cm³/mol. The molecule has 2 aromatic carbocycles. The minimum absolute atomic E-state index is 0.0517. The predicted octanol–water partition coefficient (Wildman–Crippen LogP) is 2.72. The second-order valence-electron chi connectivity index (χ2n) is 7.03. The molecule has 6 heteroatoms. The van der Waals surface area contributed by atoms with Gasteiger partial charge in [-0.2, -0.15) is 0 Å². The molecule has 1 aliphatic rings. The molecule has 2 amide bonds. The van der Waals surface area contributed by atoms with Crippen LogP contribution in [-0.2, 0) is 17.8 Å². The van der Waals surface area contributed by atoms with Gasteiger partial charge >= 0.3 is 0 Å². The van der Waals surface area contributed by atoms with E-state index in [9.17, 15) is 9.59 Å². The third kappa shape index (κ3) is 3.71. The molecular formula is C22H22N4O2. The van der Waals surface area contributed by atoms with Gasteiger partial charge in [0.15, 0.2) is 0 Å². The summed E-state index contributed by atoms with van der Waals surface area (Å²) in [6.45, 7) is 3.01. The topological polar surface area (TPSA) is 75.2 Å². The summed E-state index contributed by atoms with van der Waals surface area (Å²) >= 11 is 0. The molecule has 1 N–H and O–H groups in total. The van der Waals surface area contributed by atoms with Crippen LogP contribution in [0.2, 0.25) is 0 Å². The first-order chi connectivity index (χ1) is 13.6. The van der Waals surface area contributed by atoms with E-state index in [0.717, 1.165) is 22.8 Å². The molecule has 0 bridgehead atoms. The molecule has 1 fully saturated rings. The lowest BCUT2D eigenvalue weighted by atomic mass is 10.0. The molecule has 1 aliphatic heterocycles. The van der Waals surface area contributed by atoms with Crippen molar-refractivity contribution in [3.05, 3.63) is 71.8 Å². The SMILES string of the molecule is CCc1ncc(C(=O)N[C@H]2CC(=O)N(Cc3cccc4ccccc34)C2)cn1. The van der Waals surface area contributed by atoms with Crippen LogP contribution in [0.5, 0.6) is 0 Å². The number of hydrogen-bond acceptors (Lipinski definition) is 4. The first-order valence-electron chi connectivity index (χ1n) is 9.50. The van der Waals surface area contributed by atoms with Crippen molar-refractivity contribution < 1.29 is 9.59 Å². The summed E-state index contributed by atoms with van der Waals surface area (Å²) in [4.78, 5) is 35.0. The largest absolute Gasteiger partial charge is 0.347 e. The van der Waals surface area contributed by atoms with Crippen molar-refractivity contribution in [2.24, 2.45) is 0 Å². The second kappa shape index (κ2) is 7.76. The van der Waals surface area contributed by atoms with E-state index in [4.69, 9.17) is 0 Å². The quantitative estimate of drug-likeness (QED) is 0.745. The van der Waals surface area contributed by atoms with Gasteiger partial charge in [-0.15, -0.1) is 0 Å². The summed E-state index contributed by atoms with van der Waals surface area (Å²) in [5, 5.41) is 5.25. The van der Waals surface area contributed by atoms with Gasteiger partial charge in [-0.25, -0.2) is 9.97 Å². The first-order valence-corrected chi connectivity index (χ1v) is 9.50. The minimum Gasteiger partial charge on any atom is -0.347 e. The number of amides is 2. The molecule has 1 aromatic heterocycles. The lowest BCUT2D eigenvalue weighted by Crippen LogP contribution is -2.37.